The topological polar surface area (TPSA) is 43.2 Å². The van der Waals surface area contributed by atoms with Gasteiger partial charge in [0.05, 0.1) is 29.1 Å². The molecule has 148 valence electrons. The molecule has 1 atom stereocenters. The maximum absolute atomic E-state index is 14.1. The Hall–Kier alpha value is -2.82. The predicted octanol–water partition coefficient (Wildman–Crippen LogP) is 4.61. The monoisotopic (exact) mass is 392 g/mol. The SMILES string of the molecule is CCN(c1ccc(C#N)c(C(F)(F)F)c1)[C@H]1CCCN(c2ccncc2F)C1. The van der Waals surface area contributed by atoms with Crippen molar-refractivity contribution >= 4 is 11.4 Å². The summed E-state index contributed by atoms with van der Waals surface area (Å²) in [4.78, 5) is 7.56. The highest BCUT2D eigenvalue weighted by atomic mass is 19.4. The summed E-state index contributed by atoms with van der Waals surface area (Å²) in [5, 5.41) is 8.99. The van der Waals surface area contributed by atoms with E-state index in [-0.39, 0.29) is 6.04 Å². The van der Waals surface area contributed by atoms with Gasteiger partial charge in [-0.25, -0.2) is 4.39 Å². The highest BCUT2D eigenvalue weighted by Crippen LogP contribution is 2.35. The van der Waals surface area contributed by atoms with Crippen LogP contribution in [-0.4, -0.2) is 30.7 Å². The molecule has 28 heavy (non-hydrogen) atoms. The quantitative estimate of drug-likeness (QED) is 0.713. The fourth-order valence-corrected chi connectivity index (χ4v) is 3.75. The molecule has 0 unspecified atom stereocenters. The number of aromatic nitrogens is 1. The lowest BCUT2D eigenvalue weighted by Crippen LogP contribution is -2.48. The van der Waals surface area contributed by atoms with Crippen molar-refractivity contribution < 1.29 is 17.6 Å². The van der Waals surface area contributed by atoms with E-state index in [0.717, 1.165) is 25.1 Å². The summed E-state index contributed by atoms with van der Waals surface area (Å²) >= 11 is 0. The summed E-state index contributed by atoms with van der Waals surface area (Å²) in [6.45, 7) is 3.55. The summed E-state index contributed by atoms with van der Waals surface area (Å²) < 4.78 is 54.1. The van der Waals surface area contributed by atoms with Gasteiger partial charge in [0.15, 0.2) is 5.82 Å². The van der Waals surface area contributed by atoms with Crippen LogP contribution in [0.4, 0.5) is 28.9 Å². The number of piperidine rings is 1. The minimum Gasteiger partial charge on any atom is -0.367 e. The number of halogens is 4. The number of hydrogen-bond donors (Lipinski definition) is 0. The Morgan fingerprint density at radius 1 is 1.32 bits per heavy atom. The van der Waals surface area contributed by atoms with Crippen molar-refractivity contribution in [1.82, 2.24) is 4.98 Å². The Bertz CT molecular complexity index is 875. The second-order valence-corrected chi connectivity index (χ2v) is 6.69. The van der Waals surface area contributed by atoms with Gasteiger partial charge >= 0.3 is 6.18 Å². The Morgan fingerprint density at radius 3 is 2.75 bits per heavy atom. The first-order valence-electron chi connectivity index (χ1n) is 9.07. The number of benzene rings is 1. The first-order valence-corrected chi connectivity index (χ1v) is 9.07. The summed E-state index contributed by atoms with van der Waals surface area (Å²) in [5.74, 6) is -0.413. The average molecular weight is 392 g/mol. The maximum Gasteiger partial charge on any atom is 0.417 e. The van der Waals surface area contributed by atoms with Crippen molar-refractivity contribution in [3.63, 3.8) is 0 Å². The molecule has 8 heteroatoms. The van der Waals surface area contributed by atoms with Crippen LogP contribution in [0, 0.1) is 17.1 Å². The van der Waals surface area contributed by atoms with Gasteiger partial charge < -0.3 is 9.80 Å². The molecular weight excluding hydrogens is 372 g/mol. The molecule has 0 bridgehead atoms. The van der Waals surface area contributed by atoms with E-state index in [0.29, 0.717) is 31.0 Å². The fraction of sp³-hybridized carbons (Fsp3) is 0.400. The molecular formula is C20H20F4N4. The molecule has 0 saturated carbocycles. The predicted molar refractivity (Wildman–Crippen MR) is 98.6 cm³/mol. The smallest absolute Gasteiger partial charge is 0.367 e. The summed E-state index contributed by atoms with van der Waals surface area (Å²) in [5.41, 5.74) is -0.460. The van der Waals surface area contributed by atoms with Crippen LogP contribution in [-0.2, 0) is 6.18 Å². The molecule has 0 amide bonds. The van der Waals surface area contributed by atoms with Gasteiger partial charge in [0.1, 0.15) is 0 Å². The summed E-state index contributed by atoms with van der Waals surface area (Å²) in [6, 6.07) is 6.94. The third-order valence-electron chi connectivity index (χ3n) is 5.03. The molecule has 2 aromatic rings. The lowest BCUT2D eigenvalue weighted by atomic mass is 10.0. The Morgan fingerprint density at radius 2 is 2.11 bits per heavy atom. The number of anilines is 2. The van der Waals surface area contributed by atoms with Crippen LogP contribution >= 0.6 is 0 Å². The number of alkyl halides is 3. The van der Waals surface area contributed by atoms with Crippen LogP contribution in [0.15, 0.2) is 36.7 Å². The normalized spacial score (nSPS) is 17.3. The number of pyridine rings is 1. The van der Waals surface area contributed by atoms with Gasteiger partial charge in [0.25, 0.3) is 0 Å². The molecule has 1 fully saturated rings. The molecule has 0 radical (unpaired) electrons. The van der Waals surface area contributed by atoms with E-state index in [4.69, 9.17) is 5.26 Å². The van der Waals surface area contributed by atoms with Crippen LogP contribution in [0.2, 0.25) is 0 Å². The molecule has 2 heterocycles. The van der Waals surface area contributed by atoms with Gasteiger partial charge in [-0.15, -0.1) is 0 Å². The highest BCUT2D eigenvalue weighted by Gasteiger charge is 2.35. The molecule has 1 aliphatic rings. The van der Waals surface area contributed by atoms with E-state index in [1.807, 2.05) is 16.7 Å². The van der Waals surface area contributed by atoms with Crippen LogP contribution < -0.4 is 9.80 Å². The van der Waals surface area contributed by atoms with Crippen molar-refractivity contribution in [2.75, 3.05) is 29.4 Å². The van der Waals surface area contributed by atoms with Crippen LogP contribution in [0.25, 0.3) is 0 Å². The van der Waals surface area contributed by atoms with Gasteiger partial charge in [0, 0.05) is 37.6 Å². The maximum atomic E-state index is 14.1. The fourth-order valence-electron chi connectivity index (χ4n) is 3.75. The van der Waals surface area contributed by atoms with Crippen molar-refractivity contribution in [2.24, 2.45) is 0 Å². The molecule has 1 saturated heterocycles. The van der Waals surface area contributed by atoms with Crippen LogP contribution in [0.3, 0.4) is 0 Å². The van der Waals surface area contributed by atoms with Gasteiger partial charge in [-0.2, -0.15) is 18.4 Å². The zero-order chi connectivity index (χ0) is 20.3. The molecule has 1 aromatic heterocycles. The second kappa shape index (κ2) is 8.05. The molecule has 4 nitrogen and oxygen atoms in total. The minimum atomic E-state index is -4.60. The van der Waals surface area contributed by atoms with Gasteiger partial charge in [-0.05, 0) is 44.0 Å². The molecule has 1 aromatic carbocycles. The number of likely N-dealkylation sites (N-methyl/N-ethyl adjacent to an activating group) is 1. The van der Waals surface area contributed by atoms with E-state index in [1.54, 1.807) is 18.2 Å². The largest absolute Gasteiger partial charge is 0.417 e. The van der Waals surface area contributed by atoms with Crippen molar-refractivity contribution in [2.45, 2.75) is 32.0 Å². The Kier molecular flexibility index (Phi) is 5.73. The molecule has 1 aliphatic heterocycles. The third-order valence-corrected chi connectivity index (χ3v) is 5.03. The highest BCUT2D eigenvalue weighted by molar-refractivity contribution is 5.56. The standard InChI is InChI=1S/C20H20F4N4/c1-2-28(15-6-5-14(11-25)17(10-15)20(22,23)24)16-4-3-9-27(13-16)19-7-8-26-12-18(19)21/h5-8,10,12,16H,2-4,9,13H2,1H3/t16-/m0/s1. The lowest BCUT2D eigenvalue weighted by Gasteiger charge is -2.41. The number of nitriles is 1. The van der Waals surface area contributed by atoms with Crippen molar-refractivity contribution in [3.05, 3.63) is 53.6 Å². The van der Waals surface area contributed by atoms with Gasteiger partial charge in [-0.3, -0.25) is 4.98 Å². The van der Waals surface area contributed by atoms with E-state index in [1.165, 1.54) is 12.3 Å². The van der Waals surface area contributed by atoms with E-state index < -0.39 is 23.1 Å². The lowest BCUT2D eigenvalue weighted by molar-refractivity contribution is -0.137. The van der Waals surface area contributed by atoms with Crippen molar-refractivity contribution in [1.29, 1.82) is 5.26 Å². The molecule has 3 rings (SSSR count). The number of rotatable bonds is 4. The third kappa shape index (κ3) is 4.03. The summed E-state index contributed by atoms with van der Waals surface area (Å²) in [6.07, 6.45) is -0.328. The Labute approximate surface area is 161 Å². The number of nitrogens with zero attached hydrogens (tertiary/aromatic N) is 4. The van der Waals surface area contributed by atoms with E-state index in [2.05, 4.69) is 4.98 Å². The Balaban J connectivity index is 1.89. The molecule has 0 spiro atoms. The van der Waals surface area contributed by atoms with Crippen molar-refractivity contribution in [3.8, 4) is 6.07 Å². The van der Waals surface area contributed by atoms with Crippen LogP contribution in [0.1, 0.15) is 30.9 Å². The van der Waals surface area contributed by atoms with Gasteiger partial charge in [0.2, 0.25) is 0 Å². The van der Waals surface area contributed by atoms with E-state index >= 15 is 0 Å². The number of hydrogen-bond acceptors (Lipinski definition) is 4. The zero-order valence-electron chi connectivity index (χ0n) is 15.4. The zero-order valence-corrected chi connectivity index (χ0v) is 15.4. The molecule has 0 N–H and O–H groups in total. The van der Waals surface area contributed by atoms with Gasteiger partial charge in [-0.1, -0.05) is 0 Å². The second-order valence-electron chi connectivity index (χ2n) is 6.69. The molecule has 0 aliphatic carbocycles. The van der Waals surface area contributed by atoms with Crippen LogP contribution in [0.5, 0.6) is 0 Å². The minimum absolute atomic E-state index is 0.0691. The average Bonchev–Trinajstić information content (AvgIpc) is 2.68. The van der Waals surface area contributed by atoms with E-state index in [9.17, 15) is 17.6 Å². The first kappa shape index (κ1) is 19.9. The summed E-state index contributed by atoms with van der Waals surface area (Å²) in [7, 11) is 0. The first-order chi connectivity index (χ1) is 13.3.